The van der Waals surface area contributed by atoms with E-state index in [-0.39, 0.29) is 35.1 Å². The fourth-order valence-corrected chi connectivity index (χ4v) is 3.32. The van der Waals surface area contributed by atoms with Crippen LogP contribution in [0.25, 0.3) is 0 Å². The Hall–Kier alpha value is -4.39. The Bertz CT molecular complexity index is 1200. The molecule has 0 saturated carbocycles. The normalized spacial score (nSPS) is 10.4. The van der Waals surface area contributed by atoms with E-state index in [1.807, 2.05) is 6.92 Å². The smallest absolute Gasteiger partial charge is 0.293 e. The first kappa shape index (κ1) is 24.3. The van der Waals surface area contributed by atoms with Gasteiger partial charge in [-0.15, -0.1) is 0 Å². The average Bonchev–Trinajstić information content (AvgIpc) is 3.36. The first-order valence-electron chi connectivity index (χ1n) is 10.8. The number of carbonyl (C=O) groups is 2. The number of ketones is 1. The molecule has 0 fully saturated rings. The summed E-state index contributed by atoms with van der Waals surface area (Å²) in [5, 5.41) is 28.7. The molecule has 1 aromatic heterocycles. The van der Waals surface area contributed by atoms with Gasteiger partial charge < -0.3 is 19.9 Å². The van der Waals surface area contributed by atoms with E-state index in [1.54, 1.807) is 30.3 Å². The van der Waals surface area contributed by atoms with Gasteiger partial charge in [0.25, 0.3) is 5.91 Å². The lowest BCUT2D eigenvalue weighted by atomic mass is 10.0. The van der Waals surface area contributed by atoms with Crippen LogP contribution >= 0.6 is 0 Å². The molecule has 0 radical (unpaired) electrons. The highest BCUT2D eigenvalue weighted by Crippen LogP contribution is 2.33. The summed E-state index contributed by atoms with van der Waals surface area (Å²) in [6.07, 6.45) is 3.08. The van der Waals surface area contributed by atoms with Crippen molar-refractivity contribution >= 4 is 17.4 Å². The van der Waals surface area contributed by atoms with Gasteiger partial charge >= 0.3 is 0 Å². The number of nitrogens with one attached hydrogen (secondary N) is 2. The van der Waals surface area contributed by atoms with Gasteiger partial charge in [0.1, 0.15) is 35.2 Å². The van der Waals surface area contributed by atoms with Crippen molar-refractivity contribution in [3.05, 3.63) is 59.2 Å². The van der Waals surface area contributed by atoms with Gasteiger partial charge in [0.05, 0.1) is 24.5 Å². The molecule has 3 aromatic rings. The number of aromatic nitrogens is 3. The number of nitriles is 1. The molecule has 0 aliphatic rings. The van der Waals surface area contributed by atoms with Crippen molar-refractivity contribution in [2.75, 3.05) is 18.5 Å². The number of benzene rings is 2. The number of carbonyl (C=O) groups excluding carboxylic acids is 2. The molecule has 2 aromatic carbocycles. The van der Waals surface area contributed by atoms with E-state index in [2.05, 4.69) is 26.6 Å². The van der Waals surface area contributed by atoms with Crippen LogP contribution < -0.4 is 14.8 Å². The van der Waals surface area contributed by atoms with Crippen molar-refractivity contribution in [1.82, 2.24) is 15.2 Å². The molecule has 0 spiro atoms. The van der Waals surface area contributed by atoms with Crippen molar-refractivity contribution in [2.45, 2.75) is 33.1 Å². The summed E-state index contributed by atoms with van der Waals surface area (Å²) in [6.45, 7) is 3.95. The SMILES string of the molecule is CCCc1c(OCCCOc2cccc(NC(=O)c3ncn[nH]3)c2C#N)ccc(C(C)=O)c1O. The number of nitrogens with zero attached hydrogens (tertiary/aromatic N) is 3. The fraction of sp³-hybridized carbons (Fsp3) is 0.292. The largest absolute Gasteiger partial charge is 0.507 e. The zero-order valence-electron chi connectivity index (χ0n) is 18.9. The van der Waals surface area contributed by atoms with Crippen LogP contribution in [0.2, 0.25) is 0 Å². The number of rotatable bonds is 11. The highest BCUT2D eigenvalue weighted by molar-refractivity contribution is 6.02. The fourth-order valence-electron chi connectivity index (χ4n) is 3.32. The Kier molecular flexibility index (Phi) is 8.18. The molecule has 0 aliphatic heterocycles. The van der Waals surface area contributed by atoms with Crippen LogP contribution in [-0.2, 0) is 6.42 Å². The Labute approximate surface area is 196 Å². The lowest BCUT2D eigenvalue weighted by molar-refractivity contribution is 0.100. The Morgan fingerprint density at radius 2 is 1.94 bits per heavy atom. The third-order valence-electron chi connectivity index (χ3n) is 4.94. The van der Waals surface area contributed by atoms with Gasteiger partial charge in [0.2, 0.25) is 5.82 Å². The molecule has 0 unspecified atom stereocenters. The molecule has 0 atom stereocenters. The zero-order chi connectivity index (χ0) is 24.5. The Morgan fingerprint density at radius 3 is 2.59 bits per heavy atom. The van der Waals surface area contributed by atoms with Crippen LogP contribution in [-0.4, -0.2) is 45.2 Å². The predicted octanol–water partition coefficient (Wildman–Crippen LogP) is 3.64. The summed E-state index contributed by atoms with van der Waals surface area (Å²) in [4.78, 5) is 27.7. The number of H-pyrrole nitrogens is 1. The highest BCUT2D eigenvalue weighted by atomic mass is 16.5. The maximum absolute atomic E-state index is 12.2. The molecule has 10 nitrogen and oxygen atoms in total. The molecular formula is C24H25N5O5. The second-order valence-corrected chi connectivity index (χ2v) is 7.37. The number of ether oxygens (including phenoxy) is 2. The molecular weight excluding hydrogens is 438 g/mol. The van der Waals surface area contributed by atoms with Crippen molar-refractivity contribution < 1.29 is 24.2 Å². The van der Waals surface area contributed by atoms with E-state index in [4.69, 9.17) is 9.47 Å². The number of amides is 1. The predicted molar refractivity (Wildman–Crippen MR) is 123 cm³/mol. The molecule has 10 heteroatoms. The maximum atomic E-state index is 12.2. The topological polar surface area (TPSA) is 150 Å². The highest BCUT2D eigenvalue weighted by Gasteiger charge is 2.17. The van der Waals surface area contributed by atoms with Crippen molar-refractivity contribution in [3.63, 3.8) is 0 Å². The maximum Gasteiger partial charge on any atom is 0.293 e. The molecule has 34 heavy (non-hydrogen) atoms. The van der Waals surface area contributed by atoms with E-state index in [9.17, 15) is 20.0 Å². The molecule has 3 rings (SSSR count). The van der Waals surface area contributed by atoms with Crippen LogP contribution in [0.3, 0.4) is 0 Å². The molecule has 0 saturated heterocycles. The summed E-state index contributed by atoms with van der Waals surface area (Å²) in [5.74, 6) is 0.110. The number of phenolic OH excluding ortho intramolecular Hbond substituents is 1. The lowest BCUT2D eigenvalue weighted by Gasteiger charge is -2.15. The number of hydrogen-bond donors (Lipinski definition) is 3. The van der Waals surface area contributed by atoms with E-state index >= 15 is 0 Å². The van der Waals surface area contributed by atoms with E-state index in [1.165, 1.54) is 13.3 Å². The Morgan fingerprint density at radius 1 is 1.18 bits per heavy atom. The number of aromatic amines is 1. The van der Waals surface area contributed by atoms with Gasteiger partial charge in [-0.05, 0) is 37.6 Å². The summed E-state index contributed by atoms with van der Waals surface area (Å²) in [5.41, 5.74) is 1.37. The monoisotopic (exact) mass is 463 g/mol. The van der Waals surface area contributed by atoms with Gasteiger partial charge in [0, 0.05) is 12.0 Å². The van der Waals surface area contributed by atoms with Crippen LogP contribution in [0, 0.1) is 11.3 Å². The van der Waals surface area contributed by atoms with E-state index in [0.29, 0.717) is 42.2 Å². The number of Topliss-reactive ketones (excluding diaryl/α,β-unsaturated/α-hetero) is 1. The summed E-state index contributed by atoms with van der Waals surface area (Å²) in [6, 6.07) is 10.2. The van der Waals surface area contributed by atoms with Crippen LogP contribution in [0.5, 0.6) is 17.2 Å². The van der Waals surface area contributed by atoms with Crippen molar-refractivity contribution in [3.8, 4) is 23.3 Å². The molecule has 0 aliphatic carbocycles. The molecule has 1 heterocycles. The van der Waals surface area contributed by atoms with Gasteiger partial charge in [-0.3, -0.25) is 14.7 Å². The van der Waals surface area contributed by atoms with Crippen LogP contribution in [0.1, 0.15) is 58.8 Å². The lowest BCUT2D eigenvalue weighted by Crippen LogP contribution is -2.15. The Balaban J connectivity index is 1.59. The second-order valence-electron chi connectivity index (χ2n) is 7.37. The number of hydrogen-bond acceptors (Lipinski definition) is 8. The van der Waals surface area contributed by atoms with Crippen molar-refractivity contribution in [2.24, 2.45) is 0 Å². The van der Waals surface area contributed by atoms with E-state index < -0.39 is 5.91 Å². The van der Waals surface area contributed by atoms with Crippen molar-refractivity contribution in [1.29, 1.82) is 5.26 Å². The minimum Gasteiger partial charge on any atom is -0.507 e. The number of aromatic hydroxyl groups is 1. The third-order valence-corrected chi connectivity index (χ3v) is 4.94. The summed E-state index contributed by atoms with van der Waals surface area (Å²) >= 11 is 0. The quantitative estimate of drug-likeness (QED) is 0.288. The first-order valence-corrected chi connectivity index (χ1v) is 10.8. The van der Waals surface area contributed by atoms with Gasteiger partial charge in [-0.25, -0.2) is 4.98 Å². The van der Waals surface area contributed by atoms with Crippen LogP contribution in [0.4, 0.5) is 5.69 Å². The van der Waals surface area contributed by atoms with Gasteiger partial charge in [-0.1, -0.05) is 19.4 Å². The zero-order valence-corrected chi connectivity index (χ0v) is 18.9. The minimum absolute atomic E-state index is 0.0252. The average molecular weight is 463 g/mol. The van der Waals surface area contributed by atoms with Gasteiger partial charge in [-0.2, -0.15) is 10.4 Å². The summed E-state index contributed by atoms with van der Waals surface area (Å²) in [7, 11) is 0. The second kappa shape index (κ2) is 11.5. The van der Waals surface area contributed by atoms with Gasteiger partial charge in [0.15, 0.2) is 5.78 Å². The third kappa shape index (κ3) is 5.69. The van der Waals surface area contributed by atoms with Crippen LogP contribution in [0.15, 0.2) is 36.7 Å². The first-order chi connectivity index (χ1) is 16.5. The molecule has 3 N–H and O–H groups in total. The molecule has 0 bridgehead atoms. The van der Waals surface area contributed by atoms with E-state index in [0.717, 1.165) is 6.42 Å². The number of phenols is 1. The standard InChI is InChI=1S/C24H25N5O5/c1-3-6-17-21(10-9-16(15(2)30)22(17)31)34-12-5-11-33-20-8-4-7-19(18(20)13-25)28-24(32)23-26-14-27-29-23/h4,7-10,14,31H,3,5-6,11-12H2,1-2H3,(H,28,32)(H,26,27,29). The number of anilines is 1. The summed E-state index contributed by atoms with van der Waals surface area (Å²) < 4.78 is 11.6. The molecule has 1 amide bonds. The minimum atomic E-state index is -0.526. The molecule has 176 valence electrons.